The number of rotatable bonds is 3. The molecule has 1 aromatic carbocycles. The molecule has 0 aliphatic rings. The van der Waals surface area contributed by atoms with Crippen LogP contribution in [-0.4, -0.2) is 10.7 Å². The first kappa shape index (κ1) is 16.3. The highest BCUT2D eigenvalue weighted by Crippen LogP contribution is 2.36. The molecule has 0 aromatic heterocycles. The molecule has 0 bridgehead atoms. The van der Waals surface area contributed by atoms with Crippen LogP contribution in [0.1, 0.15) is 19.4 Å². The minimum absolute atomic E-state index is 0.0226. The van der Waals surface area contributed by atoms with Gasteiger partial charge >= 0.3 is 6.18 Å². The van der Waals surface area contributed by atoms with E-state index in [0.29, 0.717) is 0 Å². The topological polar surface area (TPSA) is 29.1 Å². The van der Waals surface area contributed by atoms with Crippen molar-refractivity contribution in [3.8, 4) is 0 Å². The quantitative estimate of drug-likeness (QED) is 0.779. The van der Waals surface area contributed by atoms with Crippen LogP contribution in [0.15, 0.2) is 18.2 Å². The predicted molar refractivity (Wildman–Crippen MR) is 72.6 cm³/mol. The van der Waals surface area contributed by atoms with Gasteiger partial charge in [-0.1, -0.05) is 41.4 Å². The third-order valence-electron chi connectivity index (χ3n) is 2.38. The Morgan fingerprint density at radius 3 is 2.42 bits per heavy atom. The van der Waals surface area contributed by atoms with Gasteiger partial charge in [0.15, 0.2) is 0 Å². The van der Waals surface area contributed by atoms with E-state index in [9.17, 15) is 18.0 Å². The van der Waals surface area contributed by atoms with E-state index in [2.05, 4.69) is 21.2 Å². The van der Waals surface area contributed by atoms with Crippen LogP contribution in [0, 0.1) is 5.92 Å². The molecule has 106 valence electrons. The van der Waals surface area contributed by atoms with Crippen molar-refractivity contribution in [2.45, 2.75) is 24.9 Å². The fourth-order valence-electron chi connectivity index (χ4n) is 1.33. The zero-order valence-electron chi connectivity index (χ0n) is 10.2. The highest BCUT2D eigenvalue weighted by atomic mass is 79.9. The fraction of sp³-hybridized carbons (Fsp3) is 0.417. The lowest BCUT2D eigenvalue weighted by molar-refractivity contribution is -0.137. The normalized spacial score (nSPS) is 13.5. The van der Waals surface area contributed by atoms with Crippen LogP contribution in [0.5, 0.6) is 0 Å². The van der Waals surface area contributed by atoms with E-state index in [0.717, 1.165) is 12.1 Å². The first-order valence-electron chi connectivity index (χ1n) is 5.44. The Morgan fingerprint density at radius 2 is 1.95 bits per heavy atom. The third kappa shape index (κ3) is 4.38. The molecule has 0 heterocycles. The smallest absolute Gasteiger partial charge is 0.325 e. The van der Waals surface area contributed by atoms with Crippen LogP contribution in [0.25, 0.3) is 0 Å². The molecule has 2 nitrogen and oxygen atoms in total. The Hall–Kier alpha value is -0.750. The largest absolute Gasteiger partial charge is 0.417 e. The van der Waals surface area contributed by atoms with E-state index >= 15 is 0 Å². The van der Waals surface area contributed by atoms with Gasteiger partial charge in [0.2, 0.25) is 5.91 Å². The molecule has 19 heavy (non-hydrogen) atoms. The van der Waals surface area contributed by atoms with Gasteiger partial charge in [-0.25, -0.2) is 0 Å². The number of carbonyl (C=O) groups excluding carboxylic acids is 1. The van der Waals surface area contributed by atoms with E-state index in [1.807, 2.05) is 13.8 Å². The van der Waals surface area contributed by atoms with Crippen molar-refractivity contribution in [1.82, 2.24) is 0 Å². The molecule has 0 radical (unpaired) electrons. The van der Waals surface area contributed by atoms with Crippen molar-refractivity contribution in [3.05, 3.63) is 28.8 Å². The van der Waals surface area contributed by atoms with Gasteiger partial charge in [-0.15, -0.1) is 0 Å². The zero-order valence-corrected chi connectivity index (χ0v) is 12.5. The van der Waals surface area contributed by atoms with E-state index < -0.39 is 27.5 Å². The van der Waals surface area contributed by atoms with Crippen molar-refractivity contribution in [2.24, 2.45) is 5.92 Å². The maximum absolute atomic E-state index is 12.6. The number of hydrogen-bond acceptors (Lipinski definition) is 1. The van der Waals surface area contributed by atoms with Crippen molar-refractivity contribution >= 4 is 39.1 Å². The van der Waals surface area contributed by atoms with Gasteiger partial charge in [0, 0.05) is 5.69 Å². The number of amides is 1. The molecule has 1 atom stereocenters. The average molecular weight is 359 g/mol. The predicted octanol–water partition coefficient (Wildman–Crippen LogP) is 4.72. The molecule has 1 N–H and O–H groups in total. The summed E-state index contributed by atoms with van der Waals surface area (Å²) in [6.45, 7) is 3.64. The summed E-state index contributed by atoms with van der Waals surface area (Å²) in [5.74, 6) is -0.375. The summed E-state index contributed by atoms with van der Waals surface area (Å²) < 4.78 is 37.9. The first-order chi connectivity index (χ1) is 8.62. The molecule has 1 aromatic rings. The summed E-state index contributed by atoms with van der Waals surface area (Å²) in [6.07, 6.45) is -4.55. The summed E-state index contributed by atoms with van der Waals surface area (Å²) in [5.41, 5.74) is -0.908. The lowest BCUT2D eigenvalue weighted by Gasteiger charge is -2.15. The molecule has 7 heteroatoms. The lowest BCUT2D eigenvalue weighted by atomic mass is 10.1. The second kappa shape index (κ2) is 6.13. The van der Waals surface area contributed by atoms with Gasteiger partial charge in [-0.2, -0.15) is 13.2 Å². The molecule has 1 unspecified atom stereocenters. The molecule has 0 aliphatic carbocycles. The Bertz CT molecular complexity index is 477. The molecule has 0 fully saturated rings. The molecular weight excluding hydrogens is 346 g/mol. The van der Waals surface area contributed by atoms with Crippen molar-refractivity contribution < 1.29 is 18.0 Å². The summed E-state index contributed by atoms with van der Waals surface area (Å²) in [4.78, 5) is 11.3. The summed E-state index contributed by atoms with van der Waals surface area (Å²) >= 11 is 8.67. The maximum atomic E-state index is 12.6. The summed E-state index contributed by atoms with van der Waals surface area (Å²) in [6, 6.07) is 3.26. The van der Waals surface area contributed by atoms with Crippen LogP contribution >= 0.6 is 27.5 Å². The molecule has 0 saturated heterocycles. The highest BCUT2D eigenvalue weighted by Gasteiger charge is 2.33. The van der Waals surface area contributed by atoms with Crippen molar-refractivity contribution in [1.29, 1.82) is 0 Å². The number of benzene rings is 1. The van der Waals surface area contributed by atoms with Crippen LogP contribution in [0.3, 0.4) is 0 Å². The summed E-state index contributed by atoms with van der Waals surface area (Å²) in [7, 11) is 0. The Labute approximate surface area is 122 Å². The van der Waals surface area contributed by atoms with Crippen LogP contribution in [0.2, 0.25) is 5.02 Å². The third-order valence-corrected chi connectivity index (χ3v) is 4.18. The minimum atomic E-state index is -4.55. The second-order valence-electron chi connectivity index (χ2n) is 4.33. The van der Waals surface area contributed by atoms with Crippen LogP contribution in [0.4, 0.5) is 18.9 Å². The number of anilines is 1. The molecule has 0 aliphatic heterocycles. The Morgan fingerprint density at radius 1 is 1.37 bits per heavy atom. The van der Waals surface area contributed by atoms with Gasteiger partial charge in [-0.3, -0.25) is 4.79 Å². The van der Waals surface area contributed by atoms with Gasteiger partial charge in [-0.05, 0) is 24.1 Å². The second-order valence-corrected chi connectivity index (χ2v) is 5.72. The molecular formula is C12H12BrClF3NO. The molecule has 0 spiro atoms. The first-order valence-corrected chi connectivity index (χ1v) is 6.74. The van der Waals surface area contributed by atoms with E-state index in [1.165, 1.54) is 6.07 Å². The number of carbonyl (C=O) groups is 1. The van der Waals surface area contributed by atoms with Crippen molar-refractivity contribution in [2.75, 3.05) is 5.32 Å². The monoisotopic (exact) mass is 357 g/mol. The maximum Gasteiger partial charge on any atom is 0.417 e. The molecule has 0 saturated carbocycles. The number of hydrogen-bond donors (Lipinski definition) is 1. The highest BCUT2D eigenvalue weighted by molar-refractivity contribution is 9.10. The van der Waals surface area contributed by atoms with Crippen LogP contribution < -0.4 is 5.32 Å². The number of halogens is 5. The number of alkyl halides is 4. The summed E-state index contributed by atoms with van der Waals surface area (Å²) in [5, 5.41) is 2.02. The Balaban J connectivity index is 2.95. The lowest BCUT2D eigenvalue weighted by Crippen LogP contribution is -2.27. The van der Waals surface area contributed by atoms with Crippen molar-refractivity contribution in [3.63, 3.8) is 0 Å². The van der Waals surface area contributed by atoms with E-state index in [1.54, 1.807) is 0 Å². The number of nitrogens with one attached hydrogen (secondary N) is 1. The SMILES string of the molecule is CC(C)C(Br)C(=O)Nc1ccc(Cl)c(C(F)(F)F)c1. The fourth-order valence-corrected chi connectivity index (χ4v) is 1.67. The van der Waals surface area contributed by atoms with Gasteiger partial charge in [0.05, 0.1) is 15.4 Å². The standard InChI is InChI=1S/C12H12BrClF3NO/c1-6(2)10(13)11(19)18-7-3-4-9(14)8(5-7)12(15,16)17/h3-6,10H,1-2H3,(H,18,19). The molecule has 1 rings (SSSR count). The van der Waals surface area contributed by atoms with Gasteiger partial charge in [0.25, 0.3) is 0 Å². The zero-order chi connectivity index (χ0) is 14.8. The van der Waals surface area contributed by atoms with Gasteiger partial charge in [0.1, 0.15) is 0 Å². The van der Waals surface area contributed by atoms with Crippen LogP contribution in [-0.2, 0) is 11.0 Å². The average Bonchev–Trinajstić information content (AvgIpc) is 2.28. The Kier molecular flexibility index (Phi) is 5.26. The van der Waals surface area contributed by atoms with E-state index in [4.69, 9.17) is 11.6 Å². The minimum Gasteiger partial charge on any atom is -0.325 e. The van der Waals surface area contributed by atoms with Gasteiger partial charge < -0.3 is 5.32 Å². The molecule has 1 amide bonds. The van der Waals surface area contributed by atoms with E-state index in [-0.39, 0.29) is 11.6 Å².